The minimum Gasteiger partial charge on any atom is -0.205 e. The average Bonchev–Trinajstić information content (AvgIpc) is 1.94. The maximum Gasteiger partial charge on any atom is 0.267 e. The van der Waals surface area contributed by atoms with Crippen molar-refractivity contribution in [3.63, 3.8) is 0 Å². The molecule has 0 saturated heterocycles. The molecule has 0 N–H and O–H groups in total. The van der Waals surface area contributed by atoms with E-state index in [4.69, 9.17) is 0 Å². The lowest BCUT2D eigenvalue weighted by Crippen LogP contribution is -1.93. The van der Waals surface area contributed by atoms with Crippen LogP contribution in [0, 0.1) is 17.7 Å². The van der Waals surface area contributed by atoms with Crippen molar-refractivity contribution >= 4 is 0 Å². The van der Waals surface area contributed by atoms with Gasteiger partial charge in [-0.05, 0) is 12.1 Å². The maximum absolute atomic E-state index is 12.4. The Kier molecular flexibility index (Phi) is 2.12. The molecule has 0 aliphatic carbocycles. The van der Waals surface area contributed by atoms with E-state index in [-0.39, 0.29) is 0 Å². The number of alkyl halides is 2. The molecule has 0 aliphatic heterocycles. The third-order valence-corrected chi connectivity index (χ3v) is 1.13. The SMILES string of the molecule is Fc1cc[c]c(C(F)F)c1F. The van der Waals surface area contributed by atoms with Crippen LogP contribution in [0.25, 0.3) is 0 Å². The number of hydrogen-bond acceptors (Lipinski definition) is 0. The van der Waals surface area contributed by atoms with Gasteiger partial charge in [-0.25, -0.2) is 17.6 Å². The highest BCUT2D eigenvalue weighted by Gasteiger charge is 2.15. The number of rotatable bonds is 1. The Balaban J connectivity index is 3.17. The first-order valence-corrected chi connectivity index (χ1v) is 2.76. The summed E-state index contributed by atoms with van der Waals surface area (Å²) in [6.45, 7) is 0. The molecule has 0 spiro atoms. The molecule has 0 unspecified atom stereocenters. The normalized spacial score (nSPS) is 10.6. The third-order valence-electron chi connectivity index (χ3n) is 1.13. The lowest BCUT2D eigenvalue weighted by Gasteiger charge is -1.99. The van der Waals surface area contributed by atoms with Gasteiger partial charge in [0.2, 0.25) is 0 Å². The van der Waals surface area contributed by atoms with Crippen molar-refractivity contribution in [1.82, 2.24) is 0 Å². The predicted octanol–water partition coefficient (Wildman–Crippen LogP) is 2.70. The zero-order chi connectivity index (χ0) is 8.43. The predicted molar refractivity (Wildman–Crippen MR) is 30.2 cm³/mol. The van der Waals surface area contributed by atoms with Crippen molar-refractivity contribution in [1.29, 1.82) is 0 Å². The van der Waals surface area contributed by atoms with Crippen molar-refractivity contribution < 1.29 is 17.6 Å². The smallest absolute Gasteiger partial charge is 0.205 e. The van der Waals surface area contributed by atoms with Crippen LogP contribution in [0.3, 0.4) is 0 Å². The van der Waals surface area contributed by atoms with Crippen molar-refractivity contribution in [2.75, 3.05) is 0 Å². The standard InChI is InChI=1S/C7H3F4/c8-5-3-1-2-4(6(5)9)7(10)11/h1,3,7H. The van der Waals surface area contributed by atoms with E-state index < -0.39 is 23.6 Å². The van der Waals surface area contributed by atoms with Crippen LogP contribution in [0.4, 0.5) is 17.6 Å². The van der Waals surface area contributed by atoms with Crippen molar-refractivity contribution in [3.05, 3.63) is 35.4 Å². The van der Waals surface area contributed by atoms with Gasteiger partial charge < -0.3 is 0 Å². The molecular weight excluding hydrogens is 160 g/mol. The van der Waals surface area contributed by atoms with Crippen molar-refractivity contribution in [2.24, 2.45) is 0 Å². The molecule has 11 heavy (non-hydrogen) atoms. The lowest BCUT2D eigenvalue weighted by molar-refractivity contribution is 0.144. The number of hydrogen-bond donors (Lipinski definition) is 0. The summed E-state index contributed by atoms with van der Waals surface area (Å²) in [4.78, 5) is 0. The van der Waals surface area contributed by atoms with Gasteiger partial charge in [-0.1, -0.05) is 6.07 Å². The summed E-state index contributed by atoms with van der Waals surface area (Å²) >= 11 is 0. The van der Waals surface area contributed by atoms with Crippen LogP contribution >= 0.6 is 0 Å². The van der Waals surface area contributed by atoms with Crippen LogP contribution < -0.4 is 0 Å². The minimum absolute atomic E-state index is 0.737. The van der Waals surface area contributed by atoms with E-state index >= 15 is 0 Å². The monoisotopic (exact) mass is 163 g/mol. The van der Waals surface area contributed by atoms with Crippen LogP contribution in [0.15, 0.2) is 12.1 Å². The highest BCUT2D eigenvalue weighted by atomic mass is 19.3. The molecule has 59 valence electrons. The Morgan fingerprint density at radius 3 is 2.36 bits per heavy atom. The molecule has 1 aromatic rings. The van der Waals surface area contributed by atoms with Crippen LogP contribution in [0.2, 0.25) is 0 Å². The Bertz CT molecular complexity index is 257. The van der Waals surface area contributed by atoms with Crippen molar-refractivity contribution in [3.8, 4) is 0 Å². The molecule has 1 radical (unpaired) electrons. The fourth-order valence-corrected chi connectivity index (χ4v) is 0.629. The average molecular weight is 163 g/mol. The van der Waals surface area contributed by atoms with Gasteiger partial charge in [0.15, 0.2) is 11.6 Å². The number of benzene rings is 1. The maximum atomic E-state index is 12.4. The summed E-state index contributed by atoms with van der Waals surface area (Å²) in [6.07, 6.45) is -3.02. The second-order valence-corrected chi connectivity index (χ2v) is 1.85. The second kappa shape index (κ2) is 2.90. The van der Waals surface area contributed by atoms with Crippen LogP contribution in [-0.4, -0.2) is 0 Å². The van der Waals surface area contributed by atoms with Gasteiger partial charge in [0, 0.05) is 0 Å². The topological polar surface area (TPSA) is 0 Å². The van der Waals surface area contributed by atoms with Gasteiger partial charge >= 0.3 is 0 Å². The van der Waals surface area contributed by atoms with E-state index in [0.29, 0.717) is 0 Å². The molecule has 0 aliphatic rings. The fraction of sp³-hybridized carbons (Fsp3) is 0.143. The van der Waals surface area contributed by atoms with E-state index in [1.165, 1.54) is 0 Å². The molecule has 0 atom stereocenters. The largest absolute Gasteiger partial charge is 0.267 e. The Hall–Kier alpha value is -1.06. The minimum atomic E-state index is -3.02. The molecule has 1 rings (SSSR count). The van der Waals surface area contributed by atoms with Gasteiger partial charge in [0.05, 0.1) is 5.56 Å². The zero-order valence-electron chi connectivity index (χ0n) is 5.24. The molecule has 0 aromatic heterocycles. The summed E-state index contributed by atoms with van der Waals surface area (Å²) in [5.74, 6) is -2.80. The summed E-state index contributed by atoms with van der Waals surface area (Å²) < 4.78 is 48.1. The molecule has 0 saturated carbocycles. The summed E-state index contributed by atoms with van der Waals surface area (Å²) in [6, 6.07) is 3.57. The first kappa shape index (κ1) is 8.04. The fourth-order valence-electron chi connectivity index (χ4n) is 0.629. The third kappa shape index (κ3) is 1.50. The summed E-state index contributed by atoms with van der Waals surface area (Å²) in [7, 11) is 0. The van der Waals surface area contributed by atoms with Gasteiger partial charge in [-0.2, -0.15) is 0 Å². The van der Waals surface area contributed by atoms with Crippen LogP contribution in [-0.2, 0) is 0 Å². The molecule has 1 aromatic carbocycles. The highest BCUT2D eigenvalue weighted by Crippen LogP contribution is 2.22. The Morgan fingerprint density at radius 1 is 1.27 bits per heavy atom. The first-order chi connectivity index (χ1) is 5.13. The van der Waals surface area contributed by atoms with E-state index in [0.717, 1.165) is 12.1 Å². The molecule has 0 heterocycles. The molecule has 0 bridgehead atoms. The van der Waals surface area contributed by atoms with Gasteiger partial charge in [-0.3, -0.25) is 0 Å². The molecule has 0 amide bonds. The second-order valence-electron chi connectivity index (χ2n) is 1.85. The van der Waals surface area contributed by atoms with E-state index in [1.807, 2.05) is 6.07 Å². The molecular formula is C7H3F4. The Labute approximate surface area is 60.5 Å². The van der Waals surface area contributed by atoms with Crippen molar-refractivity contribution in [2.45, 2.75) is 6.43 Å². The van der Waals surface area contributed by atoms with Gasteiger partial charge in [-0.15, -0.1) is 0 Å². The van der Waals surface area contributed by atoms with Gasteiger partial charge in [0.1, 0.15) is 0 Å². The summed E-state index contributed by atoms with van der Waals surface area (Å²) in [5, 5.41) is 0. The van der Waals surface area contributed by atoms with E-state index in [9.17, 15) is 17.6 Å². The Morgan fingerprint density at radius 2 is 1.91 bits per heavy atom. The van der Waals surface area contributed by atoms with E-state index in [2.05, 4.69) is 0 Å². The molecule has 0 nitrogen and oxygen atoms in total. The zero-order valence-corrected chi connectivity index (χ0v) is 5.24. The quantitative estimate of drug-likeness (QED) is 0.558. The molecule has 4 heteroatoms. The summed E-state index contributed by atoms with van der Waals surface area (Å²) in [5.41, 5.74) is -1.02. The van der Waals surface area contributed by atoms with Gasteiger partial charge in [0.25, 0.3) is 6.43 Å². The number of halogens is 4. The molecule has 0 fully saturated rings. The van der Waals surface area contributed by atoms with Crippen LogP contribution in [0.1, 0.15) is 12.0 Å². The first-order valence-electron chi connectivity index (χ1n) is 2.76. The lowest BCUT2D eigenvalue weighted by atomic mass is 10.2. The highest BCUT2D eigenvalue weighted by molar-refractivity contribution is 5.18. The van der Waals surface area contributed by atoms with E-state index in [1.54, 1.807) is 0 Å². The van der Waals surface area contributed by atoms with Crippen LogP contribution in [0.5, 0.6) is 0 Å².